The van der Waals surface area contributed by atoms with Crippen LogP contribution in [0, 0.1) is 0 Å². The van der Waals surface area contributed by atoms with Crippen molar-refractivity contribution in [3.63, 3.8) is 0 Å². The molecule has 1 heterocycles. The Balaban J connectivity index is 1.44. The third kappa shape index (κ3) is 6.18. The lowest BCUT2D eigenvalue weighted by molar-refractivity contribution is -0.118. The third-order valence-corrected chi connectivity index (χ3v) is 6.50. The number of aromatic nitrogens is 3. The van der Waals surface area contributed by atoms with Gasteiger partial charge in [-0.15, -0.1) is 10.2 Å². The van der Waals surface area contributed by atoms with Crippen LogP contribution in [0.15, 0.2) is 84.0 Å². The number of amides is 1. The van der Waals surface area contributed by atoms with Crippen LogP contribution in [0.2, 0.25) is 5.02 Å². The zero-order chi connectivity index (χ0) is 23.9. The summed E-state index contributed by atoms with van der Waals surface area (Å²) in [6.45, 7) is 1.09. The predicted molar refractivity (Wildman–Crippen MR) is 139 cm³/mol. The summed E-state index contributed by atoms with van der Waals surface area (Å²) in [6.07, 6.45) is 0. The van der Waals surface area contributed by atoms with Gasteiger partial charge in [0.1, 0.15) is 0 Å². The maximum absolute atomic E-state index is 12.5. The molecule has 0 saturated heterocycles. The highest BCUT2D eigenvalue weighted by molar-refractivity contribution is 7.99. The molecule has 1 N–H and O–H groups in total. The zero-order valence-electron chi connectivity index (χ0n) is 19.1. The van der Waals surface area contributed by atoms with Crippen molar-refractivity contribution in [2.24, 2.45) is 0 Å². The number of hydrogen-bond acceptors (Lipinski definition) is 5. The molecule has 0 unspecified atom stereocenters. The lowest BCUT2D eigenvalue weighted by Gasteiger charge is -2.13. The van der Waals surface area contributed by atoms with Gasteiger partial charge < -0.3 is 10.2 Å². The third-order valence-electron chi connectivity index (χ3n) is 5.28. The lowest BCUT2D eigenvalue weighted by Crippen LogP contribution is -2.24. The van der Waals surface area contributed by atoms with Crippen molar-refractivity contribution in [3.05, 3.63) is 95.0 Å². The van der Waals surface area contributed by atoms with Gasteiger partial charge in [0, 0.05) is 36.9 Å². The maximum atomic E-state index is 12.5. The van der Waals surface area contributed by atoms with Crippen molar-refractivity contribution in [3.8, 4) is 11.4 Å². The molecule has 174 valence electrons. The number of carbonyl (C=O) groups is 1. The molecule has 1 amide bonds. The minimum absolute atomic E-state index is 0.0519. The minimum Gasteiger partial charge on any atom is -0.378 e. The second kappa shape index (κ2) is 11.2. The lowest BCUT2D eigenvalue weighted by atomic mass is 10.2. The Bertz CT molecular complexity index is 1220. The van der Waals surface area contributed by atoms with Crippen LogP contribution in [0.25, 0.3) is 11.4 Å². The van der Waals surface area contributed by atoms with Crippen molar-refractivity contribution in [1.82, 2.24) is 20.1 Å². The molecule has 0 aliphatic heterocycles. The van der Waals surface area contributed by atoms with E-state index in [1.165, 1.54) is 11.8 Å². The second-order valence-corrected chi connectivity index (χ2v) is 9.39. The normalized spacial score (nSPS) is 10.8. The second-order valence-electron chi connectivity index (χ2n) is 8.01. The van der Waals surface area contributed by atoms with E-state index in [1.54, 1.807) is 0 Å². The van der Waals surface area contributed by atoms with Crippen LogP contribution in [-0.2, 0) is 17.9 Å². The molecule has 6 nitrogen and oxygen atoms in total. The summed E-state index contributed by atoms with van der Waals surface area (Å²) in [4.78, 5) is 14.6. The average molecular weight is 492 g/mol. The maximum Gasteiger partial charge on any atom is 0.230 e. The fraction of sp³-hybridized carbons (Fsp3) is 0.192. The summed E-state index contributed by atoms with van der Waals surface area (Å²) in [6, 6.07) is 25.8. The average Bonchev–Trinajstić information content (AvgIpc) is 3.25. The zero-order valence-corrected chi connectivity index (χ0v) is 20.7. The summed E-state index contributed by atoms with van der Waals surface area (Å²) in [7, 11) is 4.01. The van der Waals surface area contributed by atoms with Gasteiger partial charge in [-0.2, -0.15) is 0 Å². The molecule has 0 saturated carbocycles. The number of anilines is 1. The molecule has 4 aromatic rings. The van der Waals surface area contributed by atoms with Gasteiger partial charge in [0.2, 0.25) is 5.91 Å². The smallest absolute Gasteiger partial charge is 0.230 e. The number of carbonyl (C=O) groups excluding carboxylic acids is 1. The van der Waals surface area contributed by atoms with E-state index in [-0.39, 0.29) is 11.7 Å². The first-order valence-electron chi connectivity index (χ1n) is 10.9. The summed E-state index contributed by atoms with van der Waals surface area (Å²) >= 11 is 7.44. The van der Waals surface area contributed by atoms with E-state index in [2.05, 4.69) is 27.6 Å². The number of nitrogens with one attached hydrogen (secondary N) is 1. The molecule has 0 fully saturated rings. The first-order chi connectivity index (χ1) is 16.5. The molecule has 0 radical (unpaired) electrons. The molecule has 0 aliphatic carbocycles. The van der Waals surface area contributed by atoms with Crippen LogP contribution in [0.3, 0.4) is 0 Å². The Hall–Kier alpha value is -3.29. The van der Waals surface area contributed by atoms with Gasteiger partial charge in [-0.25, -0.2) is 0 Å². The largest absolute Gasteiger partial charge is 0.378 e. The Morgan fingerprint density at radius 2 is 1.65 bits per heavy atom. The van der Waals surface area contributed by atoms with E-state index in [0.717, 1.165) is 28.2 Å². The summed E-state index contributed by atoms with van der Waals surface area (Å²) < 4.78 is 2.04. The number of thioether (sulfide) groups is 1. The van der Waals surface area contributed by atoms with Gasteiger partial charge in [0.05, 0.1) is 12.3 Å². The number of halogens is 1. The highest BCUT2D eigenvalue weighted by atomic mass is 35.5. The first kappa shape index (κ1) is 23.9. The fourth-order valence-corrected chi connectivity index (χ4v) is 4.30. The number of nitrogens with zero attached hydrogens (tertiary/aromatic N) is 4. The van der Waals surface area contributed by atoms with Gasteiger partial charge in [0.25, 0.3) is 0 Å². The van der Waals surface area contributed by atoms with Crippen LogP contribution in [0.1, 0.15) is 11.1 Å². The van der Waals surface area contributed by atoms with Crippen LogP contribution < -0.4 is 10.2 Å². The monoisotopic (exact) mass is 491 g/mol. The summed E-state index contributed by atoms with van der Waals surface area (Å²) in [5.74, 6) is 0.942. The van der Waals surface area contributed by atoms with Crippen molar-refractivity contribution in [2.45, 2.75) is 18.2 Å². The number of hydrogen-bond donors (Lipinski definition) is 1. The Morgan fingerprint density at radius 3 is 2.32 bits per heavy atom. The van der Waals surface area contributed by atoms with Crippen LogP contribution in [0.4, 0.5) is 5.69 Å². The van der Waals surface area contributed by atoms with E-state index >= 15 is 0 Å². The molecule has 3 aromatic carbocycles. The molecule has 8 heteroatoms. The molecule has 0 aliphatic rings. The fourth-order valence-electron chi connectivity index (χ4n) is 3.41. The molecule has 4 rings (SSSR count). The molecule has 0 bridgehead atoms. The molecule has 1 aromatic heterocycles. The van der Waals surface area contributed by atoms with Crippen molar-refractivity contribution in [1.29, 1.82) is 0 Å². The van der Waals surface area contributed by atoms with Gasteiger partial charge >= 0.3 is 0 Å². The molecule has 34 heavy (non-hydrogen) atoms. The Morgan fingerprint density at radius 1 is 0.941 bits per heavy atom. The van der Waals surface area contributed by atoms with Crippen molar-refractivity contribution < 1.29 is 4.79 Å². The summed E-state index contributed by atoms with van der Waals surface area (Å²) in [5, 5.41) is 13.2. The van der Waals surface area contributed by atoms with E-state index in [1.807, 2.05) is 90.3 Å². The molecular formula is C26H26ClN5OS. The van der Waals surface area contributed by atoms with Crippen LogP contribution in [0.5, 0.6) is 0 Å². The molecule has 0 atom stereocenters. The van der Waals surface area contributed by atoms with Gasteiger partial charge in [-0.1, -0.05) is 65.8 Å². The van der Waals surface area contributed by atoms with Gasteiger partial charge in [-0.05, 0) is 47.5 Å². The van der Waals surface area contributed by atoms with Crippen LogP contribution >= 0.6 is 23.4 Å². The van der Waals surface area contributed by atoms with E-state index in [4.69, 9.17) is 11.6 Å². The Labute approximate surface area is 209 Å². The van der Waals surface area contributed by atoms with Gasteiger partial charge in [0.15, 0.2) is 11.0 Å². The van der Waals surface area contributed by atoms with Gasteiger partial charge in [-0.3, -0.25) is 9.36 Å². The highest BCUT2D eigenvalue weighted by Gasteiger charge is 2.16. The van der Waals surface area contributed by atoms with E-state index in [9.17, 15) is 4.79 Å². The van der Waals surface area contributed by atoms with E-state index < -0.39 is 0 Å². The van der Waals surface area contributed by atoms with Crippen LogP contribution in [-0.4, -0.2) is 40.5 Å². The SMILES string of the molecule is CN(C)c1ccc(CNC(=O)CSc2nnc(-c3ccc(Cl)cc3)n2Cc2ccccc2)cc1. The first-order valence-corrected chi connectivity index (χ1v) is 12.2. The molecular weight excluding hydrogens is 466 g/mol. The van der Waals surface area contributed by atoms with Crippen molar-refractivity contribution >= 4 is 35.0 Å². The predicted octanol–water partition coefficient (Wildman–Crippen LogP) is 5.12. The topological polar surface area (TPSA) is 63.1 Å². The standard InChI is InChI=1S/C26H26ClN5OS/c1-31(2)23-14-8-19(9-15-23)16-28-24(33)18-34-26-30-29-25(21-10-12-22(27)13-11-21)32(26)17-20-6-4-3-5-7-20/h3-15H,16-18H2,1-2H3,(H,28,33). The minimum atomic E-state index is -0.0519. The highest BCUT2D eigenvalue weighted by Crippen LogP contribution is 2.26. The van der Waals surface area contributed by atoms with Crippen molar-refractivity contribution in [2.75, 3.05) is 24.7 Å². The summed E-state index contributed by atoms with van der Waals surface area (Å²) in [5.41, 5.74) is 4.23. The molecule has 0 spiro atoms. The van der Waals surface area contributed by atoms with E-state index in [0.29, 0.717) is 23.3 Å². The number of rotatable bonds is 9. The Kier molecular flexibility index (Phi) is 7.87. The quantitative estimate of drug-likeness (QED) is 0.329. The number of benzene rings is 3.